The number of hydrogen-bond acceptors (Lipinski definition) is 3. The van der Waals surface area contributed by atoms with E-state index in [0.29, 0.717) is 5.82 Å². The molecular formula is C8H11N3O. The molecule has 0 atom stereocenters. The van der Waals surface area contributed by atoms with Crippen molar-refractivity contribution in [1.82, 2.24) is 9.55 Å². The molecule has 2 rings (SSSR count). The molecule has 1 fully saturated rings. The number of carbonyl (C=O) groups is 1. The van der Waals surface area contributed by atoms with E-state index in [1.807, 2.05) is 0 Å². The van der Waals surface area contributed by atoms with E-state index in [0.717, 1.165) is 12.8 Å². The first kappa shape index (κ1) is 7.34. The van der Waals surface area contributed by atoms with Crippen LogP contribution >= 0.6 is 0 Å². The minimum Gasteiger partial charge on any atom is -0.382 e. The summed E-state index contributed by atoms with van der Waals surface area (Å²) in [5.41, 5.74) is 5.39. The van der Waals surface area contributed by atoms with Crippen molar-refractivity contribution in [3.05, 3.63) is 12.5 Å². The molecule has 12 heavy (non-hydrogen) atoms. The van der Waals surface area contributed by atoms with Gasteiger partial charge in [0.2, 0.25) is 5.91 Å². The Balaban J connectivity index is 2.13. The highest BCUT2D eigenvalue weighted by atomic mass is 16.2. The Morgan fingerprint density at radius 1 is 1.67 bits per heavy atom. The van der Waals surface area contributed by atoms with Gasteiger partial charge in [-0.3, -0.25) is 9.36 Å². The predicted molar refractivity (Wildman–Crippen MR) is 44.6 cm³/mol. The zero-order valence-corrected chi connectivity index (χ0v) is 6.73. The first-order chi connectivity index (χ1) is 5.77. The van der Waals surface area contributed by atoms with E-state index in [1.54, 1.807) is 6.20 Å². The summed E-state index contributed by atoms with van der Waals surface area (Å²) >= 11 is 0. The highest BCUT2D eigenvalue weighted by molar-refractivity contribution is 5.82. The molecule has 4 heteroatoms. The molecule has 1 saturated carbocycles. The van der Waals surface area contributed by atoms with Crippen molar-refractivity contribution in [2.24, 2.45) is 5.92 Å². The van der Waals surface area contributed by atoms with Crippen LogP contribution in [0.2, 0.25) is 0 Å². The van der Waals surface area contributed by atoms with Crippen molar-refractivity contribution in [2.45, 2.75) is 19.3 Å². The van der Waals surface area contributed by atoms with Gasteiger partial charge in [0.25, 0.3) is 0 Å². The molecule has 0 unspecified atom stereocenters. The average molecular weight is 165 g/mol. The van der Waals surface area contributed by atoms with Crippen LogP contribution in [0.3, 0.4) is 0 Å². The Morgan fingerprint density at radius 3 is 2.83 bits per heavy atom. The van der Waals surface area contributed by atoms with Crippen molar-refractivity contribution in [1.29, 1.82) is 0 Å². The third-order valence-corrected chi connectivity index (χ3v) is 2.31. The lowest BCUT2D eigenvalue weighted by atomic mass is 9.85. The highest BCUT2D eigenvalue weighted by Gasteiger charge is 2.26. The van der Waals surface area contributed by atoms with E-state index >= 15 is 0 Å². The molecule has 4 nitrogen and oxygen atoms in total. The molecule has 0 aliphatic heterocycles. The minimum absolute atomic E-state index is 0.130. The monoisotopic (exact) mass is 165 g/mol. The van der Waals surface area contributed by atoms with Gasteiger partial charge in [-0.2, -0.15) is 0 Å². The molecular weight excluding hydrogens is 154 g/mol. The molecule has 1 heterocycles. The van der Waals surface area contributed by atoms with Gasteiger partial charge in [0.15, 0.2) is 0 Å². The predicted octanol–water partition coefficient (Wildman–Crippen LogP) is 0.906. The van der Waals surface area contributed by atoms with Gasteiger partial charge in [0.05, 0.1) is 6.20 Å². The van der Waals surface area contributed by atoms with E-state index < -0.39 is 0 Å². The Labute approximate surface area is 70.4 Å². The van der Waals surface area contributed by atoms with Crippen LogP contribution < -0.4 is 5.73 Å². The summed E-state index contributed by atoms with van der Waals surface area (Å²) in [6, 6.07) is 0. The SMILES string of the molecule is Nc1cn(C(=O)C2CCC2)cn1. The highest BCUT2D eigenvalue weighted by Crippen LogP contribution is 2.27. The maximum Gasteiger partial charge on any atom is 0.235 e. The van der Waals surface area contributed by atoms with E-state index in [1.165, 1.54) is 17.3 Å². The molecule has 1 aliphatic rings. The summed E-state index contributed by atoms with van der Waals surface area (Å²) in [7, 11) is 0. The number of carbonyl (C=O) groups excluding carboxylic acids is 1. The molecule has 64 valence electrons. The fraction of sp³-hybridized carbons (Fsp3) is 0.500. The molecule has 0 saturated heterocycles. The molecule has 1 aliphatic carbocycles. The van der Waals surface area contributed by atoms with Crippen LogP contribution in [0.15, 0.2) is 12.5 Å². The van der Waals surface area contributed by atoms with Gasteiger partial charge in [-0.05, 0) is 12.8 Å². The van der Waals surface area contributed by atoms with E-state index in [9.17, 15) is 4.79 Å². The van der Waals surface area contributed by atoms with Crippen LogP contribution in [0.5, 0.6) is 0 Å². The van der Waals surface area contributed by atoms with Crippen molar-refractivity contribution in [3.63, 3.8) is 0 Å². The summed E-state index contributed by atoms with van der Waals surface area (Å²) in [5, 5.41) is 0. The number of hydrogen-bond donors (Lipinski definition) is 1. The summed E-state index contributed by atoms with van der Waals surface area (Å²) in [4.78, 5) is 15.3. The van der Waals surface area contributed by atoms with E-state index in [2.05, 4.69) is 4.98 Å². The van der Waals surface area contributed by atoms with Crippen molar-refractivity contribution in [3.8, 4) is 0 Å². The van der Waals surface area contributed by atoms with Crippen LogP contribution in [0.1, 0.15) is 24.1 Å². The van der Waals surface area contributed by atoms with E-state index in [4.69, 9.17) is 5.73 Å². The molecule has 0 aromatic carbocycles. The number of nitrogens with zero attached hydrogens (tertiary/aromatic N) is 2. The van der Waals surface area contributed by atoms with Gasteiger partial charge in [-0.15, -0.1) is 0 Å². The number of anilines is 1. The number of nitrogen functional groups attached to an aromatic ring is 1. The topological polar surface area (TPSA) is 60.9 Å². The van der Waals surface area contributed by atoms with Crippen molar-refractivity contribution < 1.29 is 4.79 Å². The van der Waals surface area contributed by atoms with Crippen LogP contribution in [-0.2, 0) is 0 Å². The molecule has 0 bridgehead atoms. The normalized spacial score (nSPS) is 17.3. The molecule has 2 N–H and O–H groups in total. The maximum atomic E-state index is 11.5. The molecule has 1 aromatic rings. The Kier molecular flexibility index (Phi) is 1.60. The molecule has 0 radical (unpaired) electrons. The number of rotatable bonds is 1. The minimum atomic E-state index is 0.130. The van der Waals surface area contributed by atoms with Crippen molar-refractivity contribution in [2.75, 3.05) is 5.73 Å². The van der Waals surface area contributed by atoms with Gasteiger partial charge in [-0.1, -0.05) is 6.42 Å². The zero-order valence-electron chi connectivity index (χ0n) is 6.73. The first-order valence-corrected chi connectivity index (χ1v) is 4.11. The van der Waals surface area contributed by atoms with Crippen LogP contribution in [0.4, 0.5) is 5.82 Å². The summed E-state index contributed by atoms with van der Waals surface area (Å²) in [6.07, 6.45) is 6.24. The van der Waals surface area contributed by atoms with Gasteiger partial charge in [-0.25, -0.2) is 4.98 Å². The van der Waals surface area contributed by atoms with E-state index in [-0.39, 0.29) is 11.8 Å². The first-order valence-electron chi connectivity index (χ1n) is 4.11. The molecule has 1 aromatic heterocycles. The Morgan fingerprint density at radius 2 is 2.42 bits per heavy atom. The van der Waals surface area contributed by atoms with Crippen molar-refractivity contribution >= 4 is 11.7 Å². The number of nitrogens with two attached hydrogens (primary N) is 1. The summed E-state index contributed by atoms with van der Waals surface area (Å²) in [5.74, 6) is 0.742. The zero-order chi connectivity index (χ0) is 8.55. The second kappa shape index (κ2) is 2.62. The quantitative estimate of drug-likeness (QED) is 0.672. The Bertz CT molecular complexity index is 301. The second-order valence-electron chi connectivity index (χ2n) is 3.17. The van der Waals surface area contributed by atoms with Crippen LogP contribution in [0.25, 0.3) is 0 Å². The largest absolute Gasteiger partial charge is 0.382 e. The standard InChI is InChI=1S/C8H11N3O/c9-7-4-11(5-10-7)8(12)6-2-1-3-6/h4-6H,1-3,9H2. The summed E-state index contributed by atoms with van der Waals surface area (Å²) < 4.78 is 1.49. The molecule has 0 spiro atoms. The average Bonchev–Trinajstić information content (AvgIpc) is 2.31. The molecule has 0 amide bonds. The second-order valence-corrected chi connectivity index (χ2v) is 3.17. The smallest absolute Gasteiger partial charge is 0.235 e. The van der Waals surface area contributed by atoms with Crippen LogP contribution in [-0.4, -0.2) is 15.5 Å². The lowest BCUT2D eigenvalue weighted by Crippen LogP contribution is -2.26. The number of imidazole rings is 1. The number of aromatic nitrogens is 2. The Hall–Kier alpha value is -1.32. The van der Waals surface area contributed by atoms with Gasteiger partial charge >= 0.3 is 0 Å². The fourth-order valence-corrected chi connectivity index (χ4v) is 1.32. The lowest BCUT2D eigenvalue weighted by molar-refractivity contribution is 0.0764. The van der Waals surface area contributed by atoms with Gasteiger partial charge in [0.1, 0.15) is 12.1 Å². The third-order valence-electron chi connectivity index (χ3n) is 2.31. The summed E-state index contributed by atoms with van der Waals surface area (Å²) in [6.45, 7) is 0. The van der Waals surface area contributed by atoms with Crippen LogP contribution in [0, 0.1) is 5.92 Å². The maximum absolute atomic E-state index is 11.5. The lowest BCUT2D eigenvalue weighted by Gasteiger charge is -2.23. The van der Waals surface area contributed by atoms with Gasteiger partial charge in [0, 0.05) is 5.92 Å². The van der Waals surface area contributed by atoms with Gasteiger partial charge < -0.3 is 5.73 Å². The fourth-order valence-electron chi connectivity index (χ4n) is 1.32. The third kappa shape index (κ3) is 1.09.